The van der Waals surface area contributed by atoms with Crippen LogP contribution in [-0.4, -0.2) is 40.2 Å². The van der Waals surface area contributed by atoms with E-state index in [9.17, 15) is 19.6 Å². The van der Waals surface area contributed by atoms with Crippen molar-refractivity contribution in [2.75, 3.05) is 0 Å². The minimum atomic E-state index is -1.34. The van der Waals surface area contributed by atoms with Gasteiger partial charge in [-0.1, -0.05) is 56.5 Å². The zero-order chi connectivity index (χ0) is 17.6. The molecule has 0 aliphatic carbocycles. The number of hydrogen-bond acceptors (Lipinski definition) is 4. The van der Waals surface area contributed by atoms with Crippen LogP contribution in [0.1, 0.15) is 38.2 Å². The molecule has 1 unspecified atom stereocenters. The summed E-state index contributed by atoms with van der Waals surface area (Å²) in [5, 5.41) is 15.5. The first kappa shape index (κ1) is 17.9. The lowest BCUT2D eigenvalue weighted by atomic mass is 9.81. The first-order valence-corrected chi connectivity index (χ1v) is 8.13. The lowest BCUT2D eigenvalue weighted by Crippen LogP contribution is -2.62. The summed E-state index contributed by atoms with van der Waals surface area (Å²) in [5.41, 5.74) is -0.482. The Labute approximate surface area is 141 Å². The molecular weight excluding hydrogens is 310 g/mol. The molecule has 0 saturated carbocycles. The number of hydroxylamine groups is 2. The average Bonchev–Trinajstić information content (AvgIpc) is 2.87. The predicted molar refractivity (Wildman–Crippen MR) is 87.2 cm³/mol. The van der Waals surface area contributed by atoms with Crippen LogP contribution in [-0.2, 0) is 16.0 Å². The molecule has 0 radical (unpaired) electrons. The van der Waals surface area contributed by atoms with Crippen molar-refractivity contribution in [1.29, 1.82) is 0 Å². The fourth-order valence-electron chi connectivity index (χ4n) is 3.14. The van der Waals surface area contributed by atoms with Crippen molar-refractivity contribution >= 4 is 18.3 Å². The van der Waals surface area contributed by atoms with Gasteiger partial charge in [0.2, 0.25) is 6.41 Å². The van der Waals surface area contributed by atoms with Crippen LogP contribution in [0.3, 0.4) is 0 Å². The molecule has 2 rings (SSSR count). The number of amides is 4. The second kappa shape index (κ2) is 7.92. The Bertz CT molecular complexity index is 593. The van der Waals surface area contributed by atoms with Gasteiger partial charge in [-0.3, -0.25) is 20.1 Å². The van der Waals surface area contributed by atoms with Crippen LogP contribution in [0.2, 0.25) is 0 Å². The maximum absolute atomic E-state index is 12.5. The van der Waals surface area contributed by atoms with Crippen molar-refractivity contribution in [3.63, 3.8) is 0 Å². The Kier molecular flexibility index (Phi) is 5.92. The summed E-state index contributed by atoms with van der Waals surface area (Å²) in [5.74, 6) is -0.509. The second-order valence-corrected chi connectivity index (χ2v) is 6.03. The minimum Gasteiger partial charge on any atom is -0.321 e. The number of benzene rings is 1. The van der Waals surface area contributed by atoms with Crippen LogP contribution >= 0.6 is 0 Å². The number of urea groups is 1. The summed E-state index contributed by atoms with van der Waals surface area (Å²) in [6.45, 7) is 2.03. The SMILES string of the molecule is CCCCC[C@@]1(C(Cc2ccccc2)N(O)C=O)NC(=O)NC1=O. The van der Waals surface area contributed by atoms with Crippen molar-refractivity contribution in [3.8, 4) is 0 Å². The van der Waals surface area contributed by atoms with Crippen molar-refractivity contribution in [2.45, 2.75) is 50.6 Å². The fraction of sp³-hybridized carbons (Fsp3) is 0.471. The molecule has 130 valence electrons. The molecular formula is C17H23N3O4. The molecule has 0 spiro atoms. The third-order valence-electron chi connectivity index (χ3n) is 4.41. The second-order valence-electron chi connectivity index (χ2n) is 6.03. The summed E-state index contributed by atoms with van der Waals surface area (Å²) in [4.78, 5) is 35.4. The molecule has 2 atom stereocenters. The number of carbonyl (C=O) groups excluding carboxylic acids is 3. The molecule has 1 aliphatic heterocycles. The number of rotatable bonds is 9. The van der Waals surface area contributed by atoms with E-state index in [0.29, 0.717) is 17.9 Å². The molecule has 1 heterocycles. The number of carbonyl (C=O) groups is 3. The van der Waals surface area contributed by atoms with Crippen LogP contribution in [0.25, 0.3) is 0 Å². The first-order chi connectivity index (χ1) is 11.5. The molecule has 1 saturated heterocycles. The monoisotopic (exact) mass is 333 g/mol. The van der Waals surface area contributed by atoms with E-state index in [2.05, 4.69) is 10.6 Å². The normalized spacial score (nSPS) is 21.1. The third kappa shape index (κ3) is 3.73. The Morgan fingerprint density at radius 3 is 2.50 bits per heavy atom. The van der Waals surface area contributed by atoms with Gasteiger partial charge < -0.3 is 5.32 Å². The highest BCUT2D eigenvalue weighted by molar-refractivity contribution is 6.07. The Morgan fingerprint density at radius 2 is 1.96 bits per heavy atom. The van der Waals surface area contributed by atoms with Gasteiger partial charge in [0.05, 0.1) is 6.04 Å². The Morgan fingerprint density at radius 1 is 1.25 bits per heavy atom. The number of nitrogens with one attached hydrogen (secondary N) is 2. The molecule has 0 aromatic heterocycles. The van der Waals surface area contributed by atoms with Gasteiger partial charge in [-0.05, 0) is 18.4 Å². The van der Waals surface area contributed by atoms with E-state index in [1.54, 1.807) is 0 Å². The van der Waals surface area contributed by atoms with Gasteiger partial charge in [0.1, 0.15) is 5.54 Å². The van der Waals surface area contributed by atoms with E-state index in [4.69, 9.17) is 0 Å². The van der Waals surface area contributed by atoms with Gasteiger partial charge in [0, 0.05) is 0 Å². The third-order valence-corrected chi connectivity index (χ3v) is 4.41. The van der Waals surface area contributed by atoms with Crippen LogP contribution in [0.4, 0.5) is 4.79 Å². The summed E-state index contributed by atoms with van der Waals surface area (Å²) in [7, 11) is 0. The van der Waals surface area contributed by atoms with Gasteiger partial charge in [-0.25, -0.2) is 9.86 Å². The van der Waals surface area contributed by atoms with Crippen LogP contribution in [0.5, 0.6) is 0 Å². The van der Waals surface area contributed by atoms with E-state index in [1.807, 2.05) is 37.3 Å². The molecule has 3 N–H and O–H groups in total. The minimum absolute atomic E-state index is 0.246. The van der Waals surface area contributed by atoms with Gasteiger partial charge >= 0.3 is 6.03 Å². The first-order valence-electron chi connectivity index (χ1n) is 8.13. The summed E-state index contributed by atoms with van der Waals surface area (Å²) in [6.07, 6.45) is 3.40. The van der Waals surface area contributed by atoms with E-state index in [1.165, 1.54) is 0 Å². The van der Waals surface area contributed by atoms with E-state index in [-0.39, 0.29) is 12.8 Å². The molecule has 7 nitrogen and oxygen atoms in total. The highest BCUT2D eigenvalue weighted by Gasteiger charge is 2.53. The van der Waals surface area contributed by atoms with E-state index >= 15 is 0 Å². The van der Waals surface area contributed by atoms with Crippen molar-refractivity contribution in [3.05, 3.63) is 35.9 Å². The molecule has 1 fully saturated rings. The van der Waals surface area contributed by atoms with Crippen molar-refractivity contribution in [2.24, 2.45) is 0 Å². The maximum atomic E-state index is 12.5. The molecule has 1 aliphatic rings. The number of unbranched alkanes of at least 4 members (excludes halogenated alkanes) is 2. The standard InChI is InChI=1S/C17H23N3O4/c1-2-3-7-10-17(15(22)18-16(23)19-17)14(20(24)12-21)11-13-8-5-4-6-9-13/h4-6,8-9,12,14,24H,2-3,7,10-11H2,1H3,(H2,18,19,22,23)/t14?,17-/m0/s1. The zero-order valence-corrected chi connectivity index (χ0v) is 13.7. The van der Waals surface area contributed by atoms with Gasteiger partial charge in [0.25, 0.3) is 5.91 Å². The molecule has 7 heteroatoms. The number of nitrogens with zero attached hydrogens (tertiary/aromatic N) is 1. The molecule has 1 aromatic carbocycles. The Hall–Kier alpha value is -2.41. The number of hydrogen-bond donors (Lipinski definition) is 3. The molecule has 4 amide bonds. The number of imide groups is 1. The van der Waals surface area contributed by atoms with Crippen LogP contribution in [0.15, 0.2) is 30.3 Å². The van der Waals surface area contributed by atoms with Crippen molar-refractivity contribution < 1.29 is 19.6 Å². The van der Waals surface area contributed by atoms with Crippen LogP contribution in [0, 0.1) is 0 Å². The highest BCUT2D eigenvalue weighted by atomic mass is 16.5. The summed E-state index contributed by atoms with van der Waals surface area (Å²) < 4.78 is 0. The fourth-order valence-corrected chi connectivity index (χ4v) is 3.14. The van der Waals surface area contributed by atoms with Crippen LogP contribution < -0.4 is 10.6 Å². The average molecular weight is 333 g/mol. The quantitative estimate of drug-likeness (QED) is 0.210. The lowest BCUT2D eigenvalue weighted by Gasteiger charge is -2.37. The maximum Gasteiger partial charge on any atom is 0.322 e. The molecule has 0 bridgehead atoms. The van der Waals surface area contributed by atoms with Gasteiger partial charge in [-0.15, -0.1) is 0 Å². The zero-order valence-electron chi connectivity index (χ0n) is 13.7. The van der Waals surface area contributed by atoms with E-state index < -0.39 is 23.5 Å². The summed E-state index contributed by atoms with van der Waals surface area (Å²) in [6, 6.07) is 7.74. The van der Waals surface area contributed by atoms with Crippen molar-refractivity contribution in [1.82, 2.24) is 15.7 Å². The smallest absolute Gasteiger partial charge is 0.321 e. The predicted octanol–water partition coefficient (Wildman–Crippen LogP) is 1.60. The Balaban J connectivity index is 2.35. The topological polar surface area (TPSA) is 98.7 Å². The van der Waals surface area contributed by atoms with Gasteiger partial charge in [0.15, 0.2) is 0 Å². The summed E-state index contributed by atoms with van der Waals surface area (Å²) >= 11 is 0. The lowest BCUT2D eigenvalue weighted by molar-refractivity contribution is -0.170. The molecule has 24 heavy (non-hydrogen) atoms. The van der Waals surface area contributed by atoms with Gasteiger partial charge in [-0.2, -0.15) is 0 Å². The van der Waals surface area contributed by atoms with E-state index in [0.717, 1.165) is 18.4 Å². The highest BCUT2D eigenvalue weighted by Crippen LogP contribution is 2.28. The molecule has 1 aromatic rings. The largest absolute Gasteiger partial charge is 0.322 e.